The number of carbonyl (C=O) groups excluding carboxylic acids is 1. The molecule has 1 aromatic rings. The molecule has 3 aliphatic rings. The van der Waals surface area contributed by atoms with Crippen molar-refractivity contribution in [3.63, 3.8) is 0 Å². The van der Waals surface area contributed by atoms with E-state index in [0.29, 0.717) is 0 Å². The largest absolute Gasteiger partial charge is 0.394 e. The van der Waals surface area contributed by atoms with Crippen LogP contribution in [0.2, 0.25) is 0 Å². The Hall–Kier alpha value is -1.43. The number of hydrogen-bond acceptors (Lipinski definition) is 4. The first-order chi connectivity index (χ1) is 12.2. The quantitative estimate of drug-likeness (QED) is 0.824. The Morgan fingerprint density at radius 3 is 2.44 bits per heavy atom. The maximum absolute atomic E-state index is 12.9. The summed E-state index contributed by atoms with van der Waals surface area (Å²) in [4.78, 5) is 17.1. The van der Waals surface area contributed by atoms with Crippen molar-refractivity contribution in [1.82, 2.24) is 10.2 Å². The van der Waals surface area contributed by atoms with Gasteiger partial charge in [0.2, 0.25) is 5.91 Å². The molecule has 0 radical (unpaired) electrons. The standard InChI is InChI=1S/C20H29N3O2/c24-15-20(21-14-16-6-7-16)9-12-22(13-10-20)18-8-11-23(19(18)25)17-4-2-1-3-5-17/h1-5,16,18,21,24H,6-15H2/t18-/m1/s1. The first kappa shape index (κ1) is 17.0. The van der Waals surface area contributed by atoms with Crippen LogP contribution in [0.4, 0.5) is 5.69 Å². The van der Waals surface area contributed by atoms with Gasteiger partial charge in [0.1, 0.15) is 0 Å². The Labute approximate surface area is 150 Å². The van der Waals surface area contributed by atoms with E-state index in [1.165, 1.54) is 12.8 Å². The van der Waals surface area contributed by atoms with Crippen LogP contribution in [0, 0.1) is 5.92 Å². The Kier molecular flexibility index (Phi) is 4.80. The molecule has 2 heterocycles. The van der Waals surface area contributed by atoms with E-state index in [4.69, 9.17) is 0 Å². The summed E-state index contributed by atoms with van der Waals surface area (Å²) in [6, 6.07) is 9.97. The molecular formula is C20H29N3O2. The van der Waals surface area contributed by atoms with Crippen LogP contribution in [0.25, 0.3) is 0 Å². The van der Waals surface area contributed by atoms with Gasteiger partial charge in [-0.3, -0.25) is 9.69 Å². The van der Waals surface area contributed by atoms with Gasteiger partial charge >= 0.3 is 0 Å². The summed E-state index contributed by atoms with van der Waals surface area (Å²) < 4.78 is 0. The zero-order valence-corrected chi connectivity index (χ0v) is 14.9. The van der Waals surface area contributed by atoms with Crippen LogP contribution in [0.1, 0.15) is 32.1 Å². The van der Waals surface area contributed by atoms with Crippen molar-refractivity contribution in [1.29, 1.82) is 0 Å². The molecule has 1 saturated carbocycles. The number of benzene rings is 1. The fourth-order valence-electron chi connectivity index (χ4n) is 4.21. The SMILES string of the molecule is O=C1[C@H](N2CCC(CO)(NCC3CC3)CC2)CCN1c1ccccc1. The second-order valence-corrected chi connectivity index (χ2v) is 7.93. The summed E-state index contributed by atoms with van der Waals surface area (Å²) in [6.45, 7) is 3.80. The second kappa shape index (κ2) is 7.06. The Morgan fingerprint density at radius 1 is 1.08 bits per heavy atom. The number of nitrogens with zero attached hydrogens (tertiary/aromatic N) is 2. The van der Waals surface area contributed by atoms with Gasteiger partial charge in [-0.2, -0.15) is 0 Å². The number of rotatable bonds is 6. The zero-order chi connectivity index (χ0) is 17.3. The number of para-hydroxylation sites is 1. The topological polar surface area (TPSA) is 55.8 Å². The van der Waals surface area contributed by atoms with Gasteiger partial charge in [-0.1, -0.05) is 18.2 Å². The van der Waals surface area contributed by atoms with Gasteiger partial charge in [-0.05, 0) is 56.7 Å². The van der Waals surface area contributed by atoms with Crippen LogP contribution in [0.5, 0.6) is 0 Å². The fourth-order valence-corrected chi connectivity index (χ4v) is 4.21. The lowest BCUT2D eigenvalue weighted by Gasteiger charge is -2.43. The summed E-state index contributed by atoms with van der Waals surface area (Å²) in [5, 5.41) is 13.5. The van der Waals surface area contributed by atoms with Crippen LogP contribution in [-0.2, 0) is 4.79 Å². The van der Waals surface area contributed by atoms with Gasteiger partial charge in [0.25, 0.3) is 0 Å². The highest BCUT2D eigenvalue weighted by Crippen LogP contribution is 2.32. The number of likely N-dealkylation sites (tertiary alicyclic amines) is 1. The highest BCUT2D eigenvalue weighted by Gasteiger charge is 2.42. The van der Waals surface area contributed by atoms with Crippen molar-refractivity contribution in [2.24, 2.45) is 5.92 Å². The molecule has 25 heavy (non-hydrogen) atoms. The van der Waals surface area contributed by atoms with E-state index in [1.807, 2.05) is 35.2 Å². The summed E-state index contributed by atoms with van der Waals surface area (Å²) in [7, 11) is 0. The highest BCUT2D eigenvalue weighted by atomic mass is 16.3. The predicted molar refractivity (Wildman–Crippen MR) is 98.6 cm³/mol. The van der Waals surface area contributed by atoms with Gasteiger partial charge in [-0.15, -0.1) is 0 Å². The molecule has 1 amide bonds. The molecule has 0 unspecified atom stereocenters. The van der Waals surface area contributed by atoms with Crippen molar-refractivity contribution >= 4 is 11.6 Å². The van der Waals surface area contributed by atoms with Crippen LogP contribution < -0.4 is 10.2 Å². The van der Waals surface area contributed by atoms with Gasteiger partial charge < -0.3 is 15.3 Å². The van der Waals surface area contributed by atoms with Crippen molar-refractivity contribution in [2.75, 3.05) is 37.7 Å². The normalized spacial score (nSPS) is 27.0. The minimum atomic E-state index is -0.139. The van der Waals surface area contributed by atoms with E-state index in [-0.39, 0.29) is 24.1 Å². The summed E-state index contributed by atoms with van der Waals surface area (Å²) in [5.74, 6) is 1.05. The molecule has 136 valence electrons. The minimum absolute atomic E-state index is 0.000307. The first-order valence-corrected chi connectivity index (χ1v) is 9.67. The van der Waals surface area contributed by atoms with E-state index in [0.717, 1.165) is 57.0 Å². The van der Waals surface area contributed by atoms with E-state index >= 15 is 0 Å². The summed E-state index contributed by atoms with van der Waals surface area (Å²) in [6.07, 6.45) is 5.39. The monoisotopic (exact) mass is 343 g/mol. The van der Waals surface area contributed by atoms with Crippen LogP contribution in [0.3, 0.4) is 0 Å². The van der Waals surface area contributed by atoms with Gasteiger partial charge in [0, 0.05) is 30.9 Å². The Bertz CT molecular complexity index is 594. The smallest absolute Gasteiger partial charge is 0.244 e. The molecule has 0 aromatic heterocycles. The van der Waals surface area contributed by atoms with Gasteiger partial charge in [0.15, 0.2) is 0 Å². The Balaban J connectivity index is 1.35. The molecule has 2 saturated heterocycles. The van der Waals surface area contributed by atoms with Gasteiger partial charge in [0.05, 0.1) is 12.6 Å². The number of aliphatic hydroxyl groups is 1. The number of piperidine rings is 1. The molecule has 2 aliphatic heterocycles. The van der Waals surface area contributed by atoms with Crippen LogP contribution >= 0.6 is 0 Å². The molecule has 0 spiro atoms. The lowest BCUT2D eigenvalue weighted by atomic mass is 9.87. The maximum atomic E-state index is 12.9. The molecular weight excluding hydrogens is 314 g/mol. The average molecular weight is 343 g/mol. The van der Waals surface area contributed by atoms with E-state index in [2.05, 4.69) is 10.2 Å². The number of nitrogens with one attached hydrogen (secondary N) is 1. The summed E-state index contributed by atoms with van der Waals surface area (Å²) >= 11 is 0. The molecule has 1 aliphatic carbocycles. The van der Waals surface area contributed by atoms with Crippen molar-refractivity contribution < 1.29 is 9.90 Å². The molecule has 5 heteroatoms. The molecule has 1 aromatic carbocycles. The van der Waals surface area contributed by atoms with E-state index in [1.54, 1.807) is 0 Å². The molecule has 5 nitrogen and oxygen atoms in total. The second-order valence-electron chi connectivity index (χ2n) is 7.93. The summed E-state index contributed by atoms with van der Waals surface area (Å²) in [5.41, 5.74) is 0.864. The lowest BCUT2D eigenvalue weighted by Crippen LogP contribution is -2.58. The van der Waals surface area contributed by atoms with Crippen molar-refractivity contribution in [3.8, 4) is 0 Å². The van der Waals surface area contributed by atoms with Crippen LogP contribution in [0.15, 0.2) is 30.3 Å². The molecule has 4 rings (SSSR count). The van der Waals surface area contributed by atoms with E-state index < -0.39 is 0 Å². The lowest BCUT2D eigenvalue weighted by molar-refractivity contribution is -0.122. The molecule has 0 bridgehead atoms. The number of hydrogen-bond donors (Lipinski definition) is 2. The van der Waals surface area contributed by atoms with E-state index in [9.17, 15) is 9.90 Å². The zero-order valence-electron chi connectivity index (χ0n) is 14.9. The number of aliphatic hydroxyl groups excluding tert-OH is 1. The number of carbonyl (C=O) groups is 1. The number of amides is 1. The molecule has 3 fully saturated rings. The molecule has 1 atom stereocenters. The van der Waals surface area contributed by atoms with Gasteiger partial charge in [-0.25, -0.2) is 0 Å². The predicted octanol–water partition coefficient (Wildman–Crippen LogP) is 1.62. The molecule has 2 N–H and O–H groups in total. The fraction of sp³-hybridized carbons (Fsp3) is 0.650. The third kappa shape index (κ3) is 3.59. The third-order valence-electron chi connectivity index (χ3n) is 6.21. The minimum Gasteiger partial charge on any atom is -0.394 e. The van der Waals surface area contributed by atoms with Crippen molar-refractivity contribution in [2.45, 2.75) is 43.7 Å². The first-order valence-electron chi connectivity index (χ1n) is 9.67. The van der Waals surface area contributed by atoms with Crippen molar-refractivity contribution in [3.05, 3.63) is 30.3 Å². The third-order valence-corrected chi connectivity index (χ3v) is 6.21. The van der Waals surface area contributed by atoms with Crippen LogP contribution in [-0.4, -0.2) is 60.3 Å². The average Bonchev–Trinajstić information content (AvgIpc) is 3.42. The number of anilines is 1. The maximum Gasteiger partial charge on any atom is 0.244 e. The Morgan fingerprint density at radius 2 is 1.80 bits per heavy atom. The highest BCUT2D eigenvalue weighted by molar-refractivity contribution is 5.99.